The third kappa shape index (κ3) is 5.25. The van der Waals surface area contributed by atoms with Crippen molar-refractivity contribution in [2.75, 3.05) is 29.2 Å². The summed E-state index contributed by atoms with van der Waals surface area (Å²) >= 11 is 0. The van der Waals surface area contributed by atoms with Gasteiger partial charge in [0.05, 0.1) is 4.92 Å². The number of hydrogen-bond acceptors (Lipinski definition) is 7. The van der Waals surface area contributed by atoms with E-state index in [1.165, 1.54) is 0 Å². The van der Waals surface area contributed by atoms with Gasteiger partial charge in [0.1, 0.15) is 5.69 Å². The van der Waals surface area contributed by atoms with Gasteiger partial charge in [0.15, 0.2) is 0 Å². The Balaban J connectivity index is 3.01. The summed E-state index contributed by atoms with van der Waals surface area (Å²) < 4.78 is 11.1. The highest BCUT2D eigenvalue weighted by atomic mass is 32.2. The molecule has 2 unspecified atom stereocenters. The number of nitro groups is 1. The molecular weight excluding hydrogens is 294 g/mol. The maximum Gasteiger partial charge on any atom is 0.332 e. The van der Waals surface area contributed by atoms with Crippen LogP contribution in [0.15, 0.2) is 0 Å². The lowest BCUT2D eigenvalue weighted by Crippen LogP contribution is -2.20. The van der Waals surface area contributed by atoms with E-state index in [2.05, 4.69) is 20.6 Å². The minimum Gasteiger partial charge on any atom is -0.362 e. The van der Waals surface area contributed by atoms with Crippen LogP contribution >= 0.6 is 0 Å². The molecule has 0 saturated heterocycles. The van der Waals surface area contributed by atoms with Gasteiger partial charge in [-0.3, -0.25) is 14.3 Å². The highest BCUT2D eigenvalue weighted by molar-refractivity contribution is 7.84. The molecule has 118 valence electrons. The summed E-state index contributed by atoms with van der Waals surface area (Å²) in [5.41, 5.74) is 0.181. The summed E-state index contributed by atoms with van der Waals surface area (Å²) in [5.74, 6) is 1.08. The van der Waals surface area contributed by atoms with Crippen molar-refractivity contribution in [1.82, 2.24) is 9.97 Å². The fourth-order valence-corrected chi connectivity index (χ4v) is 2.46. The van der Waals surface area contributed by atoms with Crippen LogP contribution in [0.25, 0.3) is 0 Å². The number of aryl methyl sites for hydroxylation is 1. The van der Waals surface area contributed by atoms with Gasteiger partial charge in [0.25, 0.3) is 0 Å². The first-order chi connectivity index (χ1) is 9.85. The van der Waals surface area contributed by atoms with Gasteiger partial charge in [0, 0.05) is 35.4 Å². The molecule has 21 heavy (non-hydrogen) atoms. The lowest BCUT2D eigenvalue weighted by atomic mass is 10.2. The molecule has 0 saturated carbocycles. The number of rotatable bonds is 8. The van der Waals surface area contributed by atoms with Crippen molar-refractivity contribution in [1.29, 1.82) is 0 Å². The molecule has 0 aliphatic heterocycles. The van der Waals surface area contributed by atoms with E-state index in [4.69, 9.17) is 0 Å². The van der Waals surface area contributed by atoms with Crippen LogP contribution in [0, 0.1) is 17.0 Å². The minimum absolute atomic E-state index is 0.0728. The SMILES string of the molecule is CCNc1nc(C)c([N+](=O)[O-])c(NC(C)CCS(C)=O)n1. The van der Waals surface area contributed by atoms with Crippen LogP contribution in [0.1, 0.15) is 26.0 Å². The zero-order valence-corrected chi connectivity index (χ0v) is 13.5. The highest BCUT2D eigenvalue weighted by Crippen LogP contribution is 2.27. The molecule has 8 nitrogen and oxygen atoms in total. The molecule has 0 fully saturated rings. The third-order valence-corrected chi connectivity index (χ3v) is 3.61. The van der Waals surface area contributed by atoms with Crippen LogP contribution < -0.4 is 10.6 Å². The zero-order valence-electron chi connectivity index (χ0n) is 12.7. The maximum absolute atomic E-state index is 11.2. The normalized spacial score (nSPS) is 13.5. The Labute approximate surface area is 126 Å². The second-order valence-electron chi connectivity index (χ2n) is 4.73. The average molecular weight is 315 g/mol. The number of hydrogen-bond donors (Lipinski definition) is 2. The molecule has 9 heteroatoms. The van der Waals surface area contributed by atoms with Gasteiger partial charge in [-0.15, -0.1) is 0 Å². The molecule has 1 aromatic heterocycles. The third-order valence-electron chi connectivity index (χ3n) is 2.80. The highest BCUT2D eigenvalue weighted by Gasteiger charge is 2.23. The van der Waals surface area contributed by atoms with Crippen molar-refractivity contribution < 1.29 is 9.13 Å². The van der Waals surface area contributed by atoms with Gasteiger partial charge in [0.2, 0.25) is 11.8 Å². The summed E-state index contributed by atoms with van der Waals surface area (Å²) in [5, 5.41) is 17.1. The first-order valence-electron chi connectivity index (χ1n) is 6.68. The Morgan fingerprint density at radius 2 is 2.10 bits per heavy atom. The van der Waals surface area contributed by atoms with Gasteiger partial charge in [-0.1, -0.05) is 0 Å². The Kier molecular flexibility index (Phi) is 6.47. The van der Waals surface area contributed by atoms with E-state index in [1.54, 1.807) is 13.2 Å². The van der Waals surface area contributed by atoms with E-state index in [-0.39, 0.29) is 17.5 Å². The van der Waals surface area contributed by atoms with Crippen molar-refractivity contribution in [3.63, 3.8) is 0 Å². The number of anilines is 2. The maximum atomic E-state index is 11.2. The van der Waals surface area contributed by atoms with Crippen LogP contribution in [0.4, 0.5) is 17.5 Å². The summed E-state index contributed by atoms with van der Waals surface area (Å²) in [6.07, 6.45) is 2.27. The Morgan fingerprint density at radius 3 is 2.62 bits per heavy atom. The Morgan fingerprint density at radius 1 is 1.43 bits per heavy atom. The quantitative estimate of drug-likeness (QED) is 0.555. The number of nitrogens with one attached hydrogen (secondary N) is 2. The number of aromatic nitrogens is 2. The molecule has 2 atom stereocenters. The van der Waals surface area contributed by atoms with Crippen LogP contribution in [-0.4, -0.2) is 43.7 Å². The van der Waals surface area contributed by atoms with E-state index in [1.807, 2.05) is 13.8 Å². The van der Waals surface area contributed by atoms with E-state index in [0.29, 0.717) is 30.4 Å². The van der Waals surface area contributed by atoms with Gasteiger partial charge >= 0.3 is 5.69 Å². The molecule has 0 spiro atoms. The molecule has 0 radical (unpaired) electrons. The minimum atomic E-state index is -0.889. The van der Waals surface area contributed by atoms with Crippen LogP contribution in [0.2, 0.25) is 0 Å². The largest absolute Gasteiger partial charge is 0.362 e. The first kappa shape index (κ1) is 17.3. The van der Waals surface area contributed by atoms with Crippen LogP contribution in [0.3, 0.4) is 0 Å². The molecule has 2 N–H and O–H groups in total. The van der Waals surface area contributed by atoms with E-state index < -0.39 is 15.7 Å². The van der Waals surface area contributed by atoms with E-state index in [0.717, 1.165) is 0 Å². The standard InChI is InChI=1S/C12H21N5O3S/c1-5-13-12-15-9(3)10(17(18)19)11(16-12)14-8(2)6-7-21(4)20/h8H,5-7H2,1-4H3,(H2,13,14,15,16). The lowest BCUT2D eigenvalue weighted by Gasteiger charge is -2.15. The summed E-state index contributed by atoms with van der Waals surface area (Å²) in [4.78, 5) is 18.9. The van der Waals surface area contributed by atoms with Crippen molar-refractivity contribution in [2.24, 2.45) is 0 Å². The Hall–Kier alpha value is -1.77. The summed E-state index contributed by atoms with van der Waals surface area (Å²) in [7, 11) is -0.889. The molecule has 0 bridgehead atoms. The average Bonchev–Trinajstić information content (AvgIpc) is 2.35. The molecule has 0 aliphatic rings. The molecule has 0 amide bonds. The van der Waals surface area contributed by atoms with Gasteiger partial charge < -0.3 is 10.6 Å². The predicted molar refractivity (Wildman–Crippen MR) is 84.2 cm³/mol. The van der Waals surface area contributed by atoms with Crippen molar-refractivity contribution in [2.45, 2.75) is 33.2 Å². The predicted octanol–water partition coefficient (Wildman–Crippen LogP) is 1.69. The molecular formula is C12H21N5O3S. The van der Waals surface area contributed by atoms with Crippen molar-refractivity contribution in [3.8, 4) is 0 Å². The Bertz CT molecular complexity index is 538. The summed E-state index contributed by atoms with van der Waals surface area (Å²) in [6.45, 7) is 5.98. The van der Waals surface area contributed by atoms with E-state index in [9.17, 15) is 14.3 Å². The molecule has 0 aliphatic carbocycles. The van der Waals surface area contributed by atoms with Crippen molar-refractivity contribution >= 4 is 28.3 Å². The smallest absolute Gasteiger partial charge is 0.332 e. The second-order valence-corrected chi connectivity index (χ2v) is 6.28. The topological polar surface area (TPSA) is 110 Å². The number of nitrogens with zero attached hydrogens (tertiary/aromatic N) is 3. The molecule has 1 aromatic rings. The molecule has 1 rings (SSSR count). The van der Waals surface area contributed by atoms with Gasteiger partial charge in [-0.2, -0.15) is 4.98 Å². The lowest BCUT2D eigenvalue weighted by molar-refractivity contribution is -0.385. The zero-order chi connectivity index (χ0) is 16.0. The molecule has 0 aromatic carbocycles. The van der Waals surface area contributed by atoms with Gasteiger partial charge in [-0.05, 0) is 27.2 Å². The first-order valence-corrected chi connectivity index (χ1v) is 8.41. The fraction of sp³-hybridized carbons (Fsp3) is 0.667. The molecule has 1 heterocycles. The monoisotopic (exact) mass is 315 g/mol. The second kappa shape index (κ2) is 7.87. The van der Waals surface area contributed by atoms with Gasteiger partial charge in [-0.25, -0.2) is 4.98 Å². The van der Waals surface area contributed by atoms with Crippen molar-refractivity contribution in [3.05, 3.63) is 15.8 Å². The van der Waals surface area contributed by atoms with E-state index >= 15 is 0 Å². The van der Waals surface area contributed by atoms with Crippen LogP contribution in [-0.2, 0) is 10.8 Å². The fourth-order valence-electron chi connectivity index (χ4n) is 1.77. The summed E-state index contributed by atoms with van der Waals surface area (Å²) in [6, 6.07) is -0.0728. The van der Waals surface area contributed by atoms with Crippen LogP contribution in [0.5, 0.6) is 0 Å².